The van der Waals surface area contributed by atoms with Crippen molar-refractivity contribution in [2.24, 2.45) is 0 Å². The average molecular weight is 167 g/mol. The van der Waals surface area contributed by atoms with Gasteiger partial charge in [0.15, 0.2) is 0 Å². The quantitative estimate of drug-likeness (QED) is 0.637. The minimum absolute atomic E-state index is 0.158. The summed E-state index contributed by atoms with van der Waals surface area (Å²) in [4.78, 5) is 0. The molecule has 0 aromatic carbocycles. The normalized spacial score (nSPS) is 31.4. The Bertz CT molecular complexity index is 173. The van der Waals surface area contributed by atoms with E-state index >= 15 is 0 Å². The second-order valence-electron chi connectivity index (χ2n) is 3.37. The number of ether oxygens (including phenoxy) is 1. The Kier molecular flexibility index (Phi) is 3.58. The summed E-state index contributed by atoms with van der Waals surface area (Å²) in [6.07, 6.45) is 9.23. The van der Waals surface area contributed by atoms with Crippen molar-refractivity contribution in [2.75, 3.05) is 7.11 Å². The lowest BCUT2D eigenvalue weighted by atomic mass is 10.2. The van der Waals surface area contributed by atoms with Crippen LogP contribution in [0.5, 0.6) is 0 Å². The lowest BCUT2D eigenvalue weighted by Gasteiger charge is -2.21. The van der Waals surface area contributed by atoms with E-state index < -0.39 is 0 Å². The third-order valence-electron chi connectivity index (χ3n) is 2.47. The summed E-state index contributed by atoms with van der Waals surface area (Å²) in [6.45, 7) is 2.00. The van der Waals surface area contributed by atoms with Crippen molar-refractivity contribution in [1.29, 1.82) is 0 Å². The van der Waals surface area contributed by atoms with Crippen molar-refractivity contribution in [1.82, 2.24) is 5.32 Å². The molecule has 0 heterocycles. The molecule has 0 aromatic heterocycles. The lowest BCUT2D eigenvalue weighted by Crippen LogP contribution is -2.41. The fourth-order valence-corrected chi connectivity index (χ4v) is 1.77. The second-order valence-corrected chi connectivity index (χ2v) is 3.37. The van der Waals surface area contributed by atoms with E-state index in [1.54, 1.807) is 7.11 Å². The van der Waals surface area contributed by atoms with Gasteiger partial charge in [0.25, 0.3) is 0 Å². The summed E-state index contributed by atoms with van der Waals surface area (Å²) < 4.78 is 5.34. The molecule has 1 rings (SSSR count). The maximum absolute atomic E-state index is 5.34. The molecule has 0 aliphatic heterocycles. The molecule has 1 N–H and O–H groups in total. The Labute approximate surface area is 74.7 Å². The van der Waals surface area contributed by atoms with Crippen LogP contribution in [0.2, 0.25) is 0 Å². The number of rotatable bonds is 3. The molecular weight excluding hydrogens is 150 g/mol. The molecule has 0 radical (unpaired) electrons. The molecular formula is C10H17NO. The molecule has 2 nitrogen and oxygen atoms in total. The maximum atomic E-state index is 5.34. The summed E-state index contributed by atoms with van der Waals surface area (Å²) >= 11 is 0. The number of terminal acetylenes is 1. The predicted octanol–water partition coefficient (Wildman–Crippen LogP) is 1.17. The first-order valence-electron chi connectivity index (χ1n) is 4.53. The van der Waals surface area contributed by atoms with E-state index in [9.17, 15) is 0 Å². The zero-order chi connectivity index (χ0) is 8.97. The fourth-order valence-electron chi connectivity index (χ4n) is 1.77. The van der Waals surface area contributed by atoms with Gasteiger partial charge in [-0.25, -0.2) is 0 Å². The minimum Gasteiger partial charge on any atom is -0.380 e. The van der Waals surface area contributed by atoms with Crippen LogP contribution in [0.3, 0.4) is 0 Å². The van der Waals surface area contributed by atoms with Crippen molar-refractivity contribution in [2.45, 2.75) is 44.4 Å². The molecule has 0 amide bonds. The molecule has 1 saturated carbocycles. The third-order valence-corrected chi connectivity index (χ3v) is 2.47. The van der Waals surface area contributed by atoms with Crippen LogP contribution in [0, 0.1) is 12.3 Å². The Balaban J connectivity index is 2.36. The highest BCUT2D eigenvalue weighted by molar-refractivity contribution is 4.99. The molecule has 1 aliphatic rings. The first kappa shape index (κ1) is 9.57. The van der Waals surface area contributed by atoms with Gasteiger partial charge in [-0.05, 0) is 26.2 Å². The van der Waals surface area contributed by atoms with Crippen LogP contribution in [-0.2, 0) is 4.74 Å². The molecule has 0 spiro atoms. The van der Waals surface area contributed by atoms with E-state index in [2.05, 4.69) is 11.2 Å². The van der Waals surface area contributed by atoms with Gasteiger partial charge in [-0.3, -0.25) is 5.32 Å². The van der Waals surface area contributed by atoms with E-state index in [0.717, 1.165) is 6.42 Å². The van der Waals surface area contributed by atoms with E-state index in [1.165, 1.54) is 12.8 Å². The Morgan fingerprint density at radius 1 is 1.58 bits per heavy atom. The summed E-state index contributed by atoms with van der Waals surface area (Å²) in [6, 6.07) is 0.617. The number of nitrogens with one attached hydrogen (secondary N) is 1. The van der Waals surface area contributed by atoms with E-state index in [-0.39, 0.29) is 6.04 Å². The van der Waals surface area contributed by atoms with Gasteiger partial charge in [0.2, 0.25) is 0 Å². The van der Waals surface area contributed by atoms with Gasteiger partial charge in [-0.1, -0.05) is 5.92 Å². The molecule has 68 valence electrons. The van der Waals surface area contributed by atoms with Crippen LogP contribution in [0.15, 0.2) is 0 Å². The molecule has 1 aliphatic carbocycles. The predicted molar refractivity (Wildman–Crippen MR) is 49.9 cm³/mol. The summed E-state index contributed by atoms with van der Waals surface area (Å²) in [5, 5.41) is 3.37. The first-order valence-corrected chi connectivity index (χ1v) is 4.53. The van der Waals surface area contributed by atoms with Crippen LogP contribution in [-0.4, -0.2) is 25.3 Å². The second kappa shape index (κ2) is 4.49. The van der Waals surface area contributed by atoms with Gasteiger partial charge in [-0.15, -0.1) is 6.42 Å². The highest BCUT2D eigenvalue weighted by Crippen LogP contribution is 2.21. The van der Waals surface area contributed by atoms with Crippen LogP contribution < -0.4 is 5.32 Å². The molecule has 12 heavy (non-hydrogen) atoms. The van der Waals surface area contributed by atoms with E-state index in [4.69, 9.17) is 11.2 Å². The monoisotopic (exact) mass is 167 g/mol. The minimum atomic E-state index is 0.158. The van der Waals surface area contributed by atoms with Gasteiger partial charge in [0, 0.05) is 13.2 Å². The molecule has 0 bridgehead atoms. The topological polar surface area (TPSA) is 21.3 Å². The Morgan fingerprint density at radius 2 is 2.33 bits per heavy atom. The van der Waals surface area contributed by atoms with Gasteiger partial charge in [0.05, 0.1) is 12.1 Å². The zero-order valence-electron chi connectivity index (χ0n) is 7.84. The summed E-state index contributed by atoms with van der Waals surface area (Å²) in [5.41, 5.74) is 0. The Hall–Kier alpha value is -0.520. The zero-order valence-corrected chi connectivity index (χ0v) is 7.84. The first-order chi connectivity index (χ1) is 5.77. The average Bonchev–Trinajstić information content (AvgIpc) is 2.51. The third kappa shape index (κ3) is 2.23. The summed E-state index contributed by atoms with van der Waals surface area (Å²) in [7, 11) is 1.77. The van der Waals surface area contributed by atoms with Crippen molar-refractivity contribution in [3.8, 4) is 12.3 Å². The van der Waals surface area contributed by atoms with Gasteiger partial charge < -0.3 is 4.74 Å². The number of methoxy groups -OCH3 is 1. The van der Waals surface area contributed by atoms with Crippen LogP contribution in [0.1, 0.15) is 26.2 Å². The van der Waals surface area contributed by atoms with Crippen molar-refractivity contribution in [3.05, 3.63) is 0 Å². The molecule has 0 aromatic rings. The van der Waals surface area contributed by atoms with E-state index in [1.807, 2.05) is 6.92 Å². The van der Waals surface area contributed by atoms with Crippen molar-refractivity contribution < 1.29 is 4.74 Å². The summed E-state index contributed by atoms with van der Waals surface area (Å²) in [5.74, 6) is 2.67. The van der Waals surface area contributed by atoms with Crippen molar-refractivity contribution >= 4 is 0 Å². The smallest absolute Gasteiger partial charge is 0.0724 e. The Morgan fingerprint density at radius 3 is 2.92 bits per heavy atom. The molecule has 3 unspecified atom stereocenters. The van der Waals surface area contributed by atoms with Crippen LogP contribution in [0.4, 0.5) is 0 Å². The molecule has 1 fully saturated rings. The van der Waals surface area contributed by atoms with Gasteiger partial charge >= 0.3 is 0 Å². The van der Waals surface area contributed by atoms with Crippen molar-refractivity contribution in [3.63, 3.8) is 0 Å². The highest BCUT2D eigenvalue weighted by Gasteiger charge is 2.27. The van der Waals surface area contributed by atoms with Gasteiger partial charge in [-0.2, -0.15) is 0 Å². The lowest BCUT2D eigenvalue weighted by molar-refractivity contribution is 0.0839. The van der Waals surface area contributed by atoms with Crippen LogP contribution in [0.25, 0.3) is 0 Å². The maximum Gasteiger partial charge on any atom is 0.0724 e. The van der Waals surface area contributed by atoms with Crippen LogP contribution >= 0.6 is 0 Å². The molecule has 3 atom stereocenters. The SMILES string of the molecule is C#CC(C)NC1CCCC1OC. The van der Waals surface area contributed by atoms with E-state index in [0.29, 0.717) is 12.1 Å². The molecule has 0 saturated heterocycles. The highest BCUT2D eigenvalue weighted by atomic mass is 16.5. The number of hydrogen-bond acceptors (Lipinski definition) is 2. The standard InChI is InChI=1S/C10H17NO/c1-4-8(2)11-9-6-5-7-10(9)12-3/h1,8-11H,5-7H2,2-3H3. The molecule has 2 heteroatoms. The number of hydrogen-bond donors (Lipinski definition) is 1. The fraction of sp³-hybridized carbons (Fsp3) is 0.800. The largest absolute Gasteiger partial charge is 0.380 e. The van der Waals surface area contributed by atoms with Gasteiger partial charge in [0.1, 0.15) is 0 Å².